The molecule has 3 amide bonds. The van der Waals surface area contributed by atoms with Crippen LogP contribution >= 0.6 is 11.8 Å². The predicted octanol–water partition coefficient (Wildman–Crippen LogP) is 4.96. The maximum atomic E-state index is 13.8. The zero-order chi connectivity index (χ0) is 26.9. The molecule has 190 valence electrons. The summed E-state index contributed by atoms with van der Waals surface area (Å²) in [5, 5.41) is 12.6. The van der Waals surface area contributed by atoms with Crippen molar-refractivity contribution in [1.82, 2.24) is 4.90 Å². The molecule has 0 bridgehead atoms. The van der Waals surface area contributed by atoms with Gasteiger partial charge in [0.2, 0.25) is 5.91 Å². The third kappa shape index (κ3) is 5.18. The molecule has 1 aliphatic rings. The first-order valence-corrected chi connectivity index (χ1v) is 11.0. The second-order valence-electron chi connectivity index (χ2n) is 7.38. The molecular formula is C23H14F3N3O7S. The number of carbonyl (C=O) groups excluding carboxylic acids is 3. The van der Waals surface area contributed by atoms with Crippen LogP contribution in [0.3, 0.4) is 0 Å². The van der Waals surface area contributed by atoms with E-state index in [-0.39, 0.29) is 33.4 Å². The zero-order valence-electron chi connectivity index (χ0n) is 18.6. The Balaban J connectivity index is 1.50. The van der Waals surface area contributed by atoms with Crippen molar-refractivity contribution < 1.29 is 41.6 Å². The summed E-state index contributed by atoms with van der Waals surface area (Å²) in [7, 11) is 1.36. The summed E-state index contributed by atoms with van der Waals surface area (Å²) in [6, 6.07) is 8.43. The van der Waals surface area contributed by atoms with Gasteiger partial charge in [-0.2, -0.15) is 0 Å². The number of methoxy groups -OCH3 is 1. The summed E-state index contributed by atoms with van der Waals surface area (Å²) < 4.78 is 50.8. The lowest BCUT2D eigenvalue weighted by atomic mass is 10.1. The molecule has 0 saturated carbocycles. The van der Waals surface area contributed by atoms with Gasteiger partial charge in [0, 0.05) is 6.08 Å². The van der Waals surface area contributed by atoms with Crippen LogP contribution in [0.4, 0.5) is 29.3 Å². The van der Waals surface area contributed by atoms with Crippen LogP contribution in [0.5, 0.6) is 5.75 Å². The van der Waals surface area contributed by atoms with E-state index in [1.165, 1.54) is 43.5 Å². The van der Waals surface area contributed by atoms with Crippen LogP contribution in [0.15, 0.2) is 51.8 Å². The fraction of sp³-hybridized carbons (Fsp3) is 0.0870. The molecule has 0 aliphatic carbocycles. The number of thioether (sulfide) groups is 1. The van der Waals surface area contributed by atoms with E-state index in [2.05, 4.69) is 0 Å². The number of nitro groups is 1. The standard InChI is InChI=1S/C23H14F3N3O7S/c1-35-11-2-4-13(16(8-11)29(33)34)17-7-3-12(36-17)9-18-22(31)28(23(32)37-18)10-19(30)27-15-6-5-14(24)20(25)21(15)26/h2-9H,10H2,1H3,(H,27,30)/b18-9+. The SMILES string of the molecule is COc1ccc(-c2ccc(/C=C3/SC(=O)N(CC(=O)Nc4ccc(F)c(F)c4F)C3=O)o2)c([N+](=O)[O-])c1. The molecule has 3 aromatic rings. The molecule has 0 unspecified atom stereocenters. The number of halogens is 3. The number of hydrogen-bond acceptors (Lipinski definition) is 8. The Bertz CT molecular complexity index is 1490. The predicted molar refractivity (Wildman–Crippen MR) is 125 cm³/mol. The smallest absolute Gasteiger partial charge is 0.294 e. The Labute approximate surface area is 209 Å². The molecule has 1 N–H and O–H groups in total. The number of furan rings is 1. The van der Waals surface area contributed by atoms with Gasteiger partial charge in [-0.15, -0.1) is 0 Å². The monoisotopic (exact) mass is 533 g/mol. The van der Waals surface area contributed by atoms with Gasteiger partial charge < -0.3 is 14.5 Å². The van der Waals surface area contributed by atoms with Gasteiger partial charge in [-0.3, -0.25) is 29.4 Å². The van der Waals surface area contributed by atoms with Gasteiger partial charge >= 0.3 is 0 Å². The summed E-state index contributed by atoms with van der Waals surface area (Å²) in [6.07, 6.45) is 1.22. The number of imide groups is 1. The highest BCUT2D eigenvalue weighted by atomic mass is 32.2. The van der Waals surface area contributed by atoms with Gasteiger partial charge in [0.15, 0.2) is 17.5 Å². The lowest BCUT2D eigenvalue weighted by Crippen LogP contribution is -2.36. The van der Waals surface area contributed by atoms with Crippen LogP contribution < -0.4 is 10.1 Å². The molecule has 1 aromatic heterocycles. The van der Waals surface area contributed by atoms with E-state index in [0.29, 0.717) is 22.7 Å². The van der Waals surface area contributed by atoms with E-state index in [9.17, 15) is 37.7 Å². The fourth-order valence-corrected chi connectivity index (χ4v) is 4.11. The van der Waals surface area contributed by atoms with E-state index in [1.54, 1.807) is 0 Å². The van der Waals surface area contributed by atoms with Gasteiger partial charge in [-0.1, -0.05) is 0 Å². The lowest BCUT2D eigenvalue weighted by Gasteiger charge is -2.13. The fourth-order valence-electron chi connectivity index (χ4n) is 3.29. The molecule has 2 heterocycles. The number of anilines is 1. The second-order valence-corrected chi connectivity index (χ2v) is 8.37. The minimum Gasteiger partial charge on any atom is -0.497 e. The first-order chi connectivity index (χ1) is 17.6. The summed E-state index contributed by atoms with van der Waals surface area (Å²) >= 11 is 0.501. The summed E-state index contributed by atoms with van der Waals surface area (Å²) in [6.45, 7) is -0.818. The summed E-state index contributed by atoms with van der Waals surface area (Å²) in [4.78, 5) is 48.5. The molecule has 1 saturated heterocycles. The number of nitrogens with one attached hydrogen (secondary N) is 1. The van der Waals surface area contributed by atoms with Crippen molar-refractivity contribution in [2.24, 2.45) is 0 Å². The third-order valence-electron chi connectivity index (χ3n) is 5.05. The molecule has 0 radical (unpaired) electrons. The first kappa shape index (κ1) is 25.5. The molecule has 1 aliphatic heterocycles. The highest BCUT2D eigenvalue weighted by Gasteiger charge is 2.36. The van der Waals surface area contributed by atoms with E-state index in [4.69, 9.17) is 9.15 Å². The number of hydrogen-bond donors (Lipinski definition) is 1. The minimum absolute atomic E-state index is 0.0962. The van der Waals surface area contributed by atoms with Crippen LogP contribution in [0.25, 0.3) is 17.4 Å². The van der Waals surface area contributed by atoms with Gasteiger partial charge in [-0.05, 0) is 48.2 Å². The van der Waals surface area contributed by atoms with Crippen molar-refractivity contribution >= 4 is 46.3 Å². The van der Waals surface area contributed by atoms with Crippen molar-refractivity contribution in [1.29, 1.82) is 0 Å². The van der Waals surface area contributed by atoms with Crippen molar-refractivity contribution in [3.63, 3.8) is 0 Å². The van der Waals surface area contributed by atoms with Crippen molar-refractivity contribution in [2.75, 3.05) is 19.0 Å². The third-order valence-corrected chi connectivity index (χ3v) is 5.96. The van der Waals surface area contributed by atoms with E-state index >= 15 is 0 Å². The number of benzene rings is 2. The average Bonchev–Trinajstić information content (AvgIpc) is 3.44. The van der Waals surface area contributed by atoms with Gasteiger partial charge in [0.05, 0.1) is 34.3 Å². The van der Waals surface area contributed by atoms with Gasteiger partial charge in [0.1, 0.15) is 23.8 Å². The highest BCUT2D eigenvalue weighted by Crippen LogP contribution is 2.36. The molecule has 0 atom stereocenters. The minimum atomic E-state index is -1.79. The largest absolute Gasteiger partial charge is 0.497 e. The molecule has 2 aromatic carbocycles. The zero-order valence-corrected chi connectivity index (χ0v) is 19.4. The number of rotatable bonds is 7. The Morgan fingerprint density at radius 3 is 2.62 bits per heavy atom. The number of nitro benzene ring substituents is 1. The van der Waals surface area contributed by atoms with Crippen LogP contribution in [0.1, 0.15) is 5.76 Å². The van der Waals surface area contributed by atoms with Crippen molar-refractivity contribution in [2.45, 2.75) is 0 Å². The number of amides is 3. The Kier molecular flexibility index (Phi) is 7.02. The van der Waals surface area contributed by atoms with E-state index in [0.717, 1.165) is 6.07 Å². The van der Waals surface area contributed by atoms with Gasteiger partial charge in [-0.25, -0.2) is 13.2 Å². The summed E-state index contributed by atoms with van der Waals surface area (Å²) in [5.74, 6) is -6.27. The summed E-state index contributed by atoms with van der Waals surface area (Å²) in [5.41, 5.74) is -0.786. The molecule has 0 spiro atoms. The van der Waals surface area contributed by atoms with Crippen molar-refractivity contribution in [3.8, 4) is 17.1 Å². The van der Waals surface area contributed by atoms with E-state index in [1.807, 2.05) is 5.32 Å². The normalized spacial score (nSPS) is 14.4. The van der Waals surface area contributed by atoms with E-state index < -0.39 is 51.7 Å². The molecule has 10 nitrogen and oxygen atoms in total. The topological polar surface area (TPSA) is 132 Å². The van der Waals surface area contributed by atoms with Crippen LogP contribution in [-0.4, -0.2) is 40.5 Å². The van der Waals surface area contributed by atoms with Crippen LogP contribution in [-0.2, 0) is 9.59 Å². The highest BCUT2D eigenvalue weighted by molar-refractivity contribution is 8.18. The lowest BCUT2D eigenvalue weighted by molar-refractivity contribution is -0.384. The maximum Gasteiger partial charge on any atom is 0.294 e. The number of carbonyl (C=O) groups is 3. The van der Waals surface area contributed by atoms with Crippen LogP contribution in [0.2, 0.25) is 0 Å². The Morgan fingerprint density at radius 1 is 1.16 bits per heavy atom. The maximum absolute atomic E-state index is 13.8. The van der Waals surface area contributed by atoms with Crippen molar-refractivity contribution in [3.05, 3.63) is 80.7 Å². The molecule has 1 fully saturated rings. The first-order valence-electron chi connectivity index (χ1n) is 10.2. The molecule has 14 heteroatoms. The van der Waals surface area contributed by atoms with Gasteiger partial charge in [0.25, 0.3) is 16.8 Å². The molecule has 37 heavy (non-hydrogen) atoms. The Hall–Kier alpha value is -4.59. The number of nitrogens with zero attached hydrogens (tertiary/aromatic N) is 2. The molecular weight excluding hydrogens is 519 g/mol. The average molecular weight is 533 g/mol. The Morgan fingerprint density at radius 2 is 1.92 bits per heavy atom. The quantitative estimate of drug-likeness (QED) is 0.195. The second kappa shape index (κ2) is 10.2. The molecule has 4 rings (SSSR count). The van der Waals surface area contributed by atoms with Crippen LogP contribution in [0, 0.1) is 27.6 Å². The number of ether oxygens (including phenoxy) is 1.